The molecule has 0 spiro atoms. The first-order valence-electron chi connectivity index (χ1n) is 3.87. The van der Waals surface area contributed by atoms with E-state index in [0.717, 1.165) is 6.54 Å². The molecule has 2 N–H and O–H groups in total. The molecule has 2 nitrogen and oxygen atoms in total. The summed E-state index contributed by atoms with van der Waals surface area (Å²) in [6, 6.07) is 0.715. The molecular weight excluding hydrogens is 112 g/mol. The lowest BCUT2D eigenvalue weighted by Crippen LogP contribution is -2.34. The summed E-state index contributed by atoms with van der Waals surface area (Å²) in [5.74, 6) is 0. The highest BCUT2D eigenvalue weighted by molar-refractivity contribution is 4.71. The second-order valence-electron chi connectivity index (χ2n) is 2.62. The number of hydrogen-bond donors (Lipinski definition) is 2. The van der Waals surface area contributed by atoms with Crippen LogP contribution in [0.25, 0.3) is 0 Å². The maximum atomic E-state index is 3.47. The van der Waals surface area contributed by atoms with Crippen molar-refractivity contribution < 1.29 is 0 Å². The van der Waals surface area contributed by atoms with Gasteiger partial charge in [-0.1, -0.05) is 6.92 Å². The van der Waals surface area contributed by atoms with Gasteiger partial charge in [0.2, 0.25) is 0 Å². The van der Waals surface area contributed by atoms with E-state index in [4.69, 9.17) is 0 Å². The van der Waals surface area contributed by atoms with Crippen LogP contribution in [0.4, 0.5) is 0 Å². The molecule has 0 aromatic heterocycles. The molecule has 2 heteroatoms. The minimum atomic E-state index is 0.715. The standard InChI is InChI=1S/C7H16N2/c1-2-7-6-8-4-3-5-9-7/h7-9H,2-6H2,1H3. The van der Waals surface area contributed by atoms with Crippen LogP contribution in [0.1, 0.15) is 19.8 Å². The molecule has 0 amide bonds. The summed E-state index contributed by atoms with van der Waals surface area (Å²) in [5, 5.41) is 6.85. The molecule has 0 aromatic rings. The summed E-state index contributed by atoms with van der Waals surface area (Å²) in [5.41, 5.74) is 0. The third-order valence-electron chi connectivity index (χ3n) is 1.85. The Morgan fingerprint density at radius 2 is 2.33 bits per heavy atom. The summed E-state index contributed by atoms with van der Waals surface area (Å²) < 4.78 is 0. The van der Waals surface area contributed by atoms with Crippen LogP contribution in [0, 0.1) is 0 Å². The molecule has 1 aliphatic rings. The molecule has 1 unspecified atom stereocenters. The summed E-state index contributed by atoms with van der Waals surface area (Å²) in [6.07, 6.45) is 2.52. The molecule has 9 heavy (non-hydrogen) atoms. The average Bonchev–Trinajstić information content (AvgIpc) is 2.13. The van der Waals surface area contributed by atoms with Crippen LogP contribution in [-0.2, 0) is 0 Å². The van der Waals surface area contributed by atoms with Gasteiger partial charge in [-0.15, -0.1) is 0 Å². The maximum absolute atomic E-state index is 3.47. The van der Waals surface area contributed by atoms with Crippen LogP contribution < -0.4 is 10.6 Å². The van der Waals surface area contributed by atoms with Crippen molar-refractivity contribution in [1.82, 2.24) is 10.6 Å². The van der Waals surface area contributed by atoms with E-state index in [1.54, 1.807) is 0 Å². The Kier molecular flexibility index (Phi) is 3.01. The van der Waals surface area contributed by atoms with Gasteiger partial charge in [-0.25, -0.2) is 0 Å². The maximum Gasteiger partial charge on any atom is 0.0189 e. The van der Waals surface area contributed by atoms with Gasteiger partial charge in [0, 0.05) is 12.6 Å². The number of rotatable bonds is 1. The number of hydrogen-bond acceptors (Lipinski definition) is 2. The number of nitrogens with one attached hydrogen (secondary N) is 2. The van der Waals surface area contributed by atoms with Crippen molar-refractivity contribution >= 4 is 0 Å². The molecule has 54 valence electrons. The Balaban J connectivity index is 2.18. The van der Waals surface area contributed by atoms with Crippen molar-refractivity contribution in [1.29, 1.82) is 0 Å². The predicted molar refractivity (Wildman–Crippen MR) is 39.6 cm³/mol. The smallest absolute Gasteiger partial charge is 0.0189 e. The van der Waals surface area contributed by atoms with Crippen molar-refractivity contribution in [2.45, 2.75) is 25.8 Å². The summed E-state index contributed by atoms with van der Waals surface area (Å²) in [7, 11) is 0. The fraction of sp³-hybridized carbons (Fsp3) is 1.00. The fourth-order valence-electron chi connectivity index (χ4n) is 1.16. The molecule has 0 saturated carbocycles. The Morgan fingerprint density at radius 1 is 1.44 bits per heavy atom. The van der Waals surface area contributed by atoms with Gasteiger partial charge in [0.25, 0.3) is 0 Å². The van der Waals surface area contributed by atoms with Gasteiger partial charge < -0.3 is 10.6 Å². The molecule has 0 radical (unpaired) electrons. The Bertz CT molecular complexity index is 65.3. The second-order valence-corrected chi connectivity index (χ2v) is 2.62. The first kappa shape index (κ1) is 7.03. The van der Waals surface area contributed by atoms with E-state index in [1.807, 2.05) is 0 Å². The van der Waals surface area contributed by atoms with Crippen LogP contribution in [0.15, 0.2) is 0 Å². The zero-order valence-electron chi connectivity index (χ0n) is 6.11. The summed E-state index contributed by atoms with van der Waals surface area (Å²) in [4.78, 5) is 0. The van der Waals surface area contributed by atoms with Gasteiger partial charge in [0.1, 0.15) is 0 Å². The normalized spacial score (nSPS) is 29.7. The predicted octanol–water partition coefficient (Wildman–Crippen LogP) is 0.348. The highest BCUT2D eigenvalue weighted by Crippen LogP contribution is 1.92. The van der Waals surface area contributed by atoms with Gasteiger partial charge in [0.05, 0.1) is 0 Å². The highest BCUT2D eigenvalue weighted by Gasteiger charge is 2.06. The van der Waals surface area contributed by atoms with E-state index < -0.39 is 0 Å². The van der Waals surface area contributed by atoms with E-state index >= 15 is 0 Å². The van der Waals surface area contributed by atoms with Crippen LogP contribution in [0.2, 0.25) is 0 Å². The zero-order valence-corrected chi connectivity index (χ0v) is 6.11. The molecule has 0 aliphatic carbocycles. The van der Waals surface area contributed by atoms with E-state index in [0.29, 0.717) is 6.04 Å². The topological polar surface area (TPSA) is 24.1 Å². The van der Waals surface area contributed by atoms with Crippen molar-refractivity contribution in [3.05, 3.63) is 0 Å². The Hall–Kier alpha value is -0.0800. The van der Waals surface area contributed by atoms with Gasteiger partial charge in [-0.3, -0.25) is 0 Å². The van der Waals surface area contributed by atoms with Crippen LogP contribution in [-0.4, -0.2) is 25.7 Å². The Morgan fingerprint density at radius 3 is 3.11 bits per heavy atom. The third-order valence-corrected chi connectivity index (χ3v) is 1.85. The summed E-state index contributed by atoms with van der Waals surface area (Å²) in [6.45, 7) is 5.75. The van der Waals surface area contributed by atoms with E-state index in [9.17, 15) is 0 Å². The molecule has 1 heterocycles. The third kappa shape index (κ3) is 2.33. The average molecular weight is 128 g/mol. The minimum Gasteiger partial charge on any atom is -0.315 e. The molecule has 1 atom stereocenters. The monoisotopic (exact) mass is 128 g/mol. The first-order valence-corrected chi connectivity index (χ1v) is 3.87. The van der Waals surface area contributed by atoms with E-state index in [-0.39, 0.29) is 0 Å². The van der Waals surface area contributed by atoms with Crippen LogP contribution in [0.3, 0.4) is 0 Å². The van der Waals surface area contributed by atoms with Crippen molar-refractivity contribution in [2.75, 3.05) is 19.6 Å². The molecule has 1 aliphatic heterocycles. The van der Waals surface area contributed by atoms with Gasteiger partial charge >= 0.3 is 0 Å². The lowest BCUT2D eigenvalue weighted by atomic mass is 10.2. The molecular formula is C7H16N2. The van der Waals surface area contributed by atoms with E-state index in [1.165, 1.54) is 25.9 Å². The molecule has 0 bridgehead atoms. The largest absolute Gasteiger partial charge is 0.315 e. The highest BCUT2D eigenvalue weighted by atomic mass is 15.0. The first-order chi connectivity index (χ1) is 4.43. The Labute approximate surface area is 57.0 Å². The molecule has 1 rings (SSSR count). The van der Waals surface area contributed by atoms with Gasteiger partial charge in [-0.2, -0.15) is 0 Å². The molecule has 1 saturated heterocycles. The summed E-state index contributed by atoms with van der Waals surface area (Å²) >= 11 is 0. The molecule has 1 fully saturated rings. The minimum absolute atomic E-state index is 0.715. The SMILES string of the molecule is CCC1CNCCCN1. The van der Waals surface area contributed by atoms with Gasteiger partial charge in [-0.05, 0) is 25.9 Å². The van der Waals surface area contributed by atoms with Crippen molar-refractivity contribution in [3.63, 3.8) is 0 Å². The van der Waals surface area contributed by atoms with Crippen molar-refractivity contribution in [2.24, 2.45) is 0 Å². The fourth-order valence-corrected chi connectivity index (χ4v) is 1.16. The lowest BCUT2D eigenvalue weighted by Gasteiger charge is -2.11. The zero-order chi connectivity index (χ0) is 6.53. The quantitative estimate of drug-likeness (QED) is 0.532. The van der Waals surface area contributed by atoms with Crippen molar-refractivity contribution in [3.8, 4) is 0 Å². The van der Waals surface area contributed by atoms with Gasteiger partial charge in [0.15, 0.2) is 0 Å². The van der Waals surface area contributed by atoms with E-state index in [2.05, 4.69) is 17.6 Å². The van der Waals surface area contributed by atoms with Crippen LogP contribution in [0.5, 0.6) is 0 Å². The lowest BCUT2D eigenvalue weighted by molar-refractivity contribution is 0.513. The second kappa shape index (κ2) is 3.85. The molecule has 0 aromatic carbocycles. The van der Waals surface area contributed by atoms with Crippen LogP contribution >= 0.6 is 0 Å².